The van der Waals surface area contributed by atoms with Crippen molar-refractivity contribution in [2.45, 2.75) is 39.2 Å². The van der Waals surface area contributed by atoms with Crippen molar-refractivity contribution in [3.05, 3.63) is 36.7 Å². The Balaban J connectivity index is 1.45. The average molecular weight is 396 g/mol. The number of rotatable bonds is 7. The number of ether oxygens (including phenoxy) is 1. The van der Waals surface area contributed by atoms with Gasteiger partial charge in [0.2, 0.25) is 5.91 Å². The molecule has 0 aromatic carbocycles. The van der Waals surface area contributed by atoms with Gasteiger partial charge in [-0.3, -0.25) is 4.79 Å². The Labute approximate surface area is 171 Å². The molecule has 1 aliphatic rings. The van der Waals surface area contributed by atoms with Crippen molar-refractivity contribution in [3.8, 4) is 0 Å². The molecule has 0 saturated carbocycles. The predicted octanol–water partition coefficient (Wildman–Crippen LogP) is 3.03. The van der Waals surface area contributed by atoms with Crippen LogP contribution in [0.1, 0.15) is 33.1 Å². The van der Waals surface area contributed by atoms with Crippen molar-refractivity contribution >= 4 is 28.4 Å². The van der Waals surface area contributed by atoms with Crippen LogP contribution in [-0.2, 0) is 9.53 Å². The van der Waals surface area contributed by atoms with E-state index in [2.05, 4.69) is 25.7 Å². The highest BCUT2D eigenvalue weighted by atomic mass is 16.5. The average Bonchev–Trinajstić information content (AvgIpc) is 3.23. The molecule has 7 nitrogen and oxygen atoms in total. The number of carbonyl (C=O) groups excluding carboxylic acids is 1. The van der Waals surface area contributed by atoms with Gasteiger partial charge < -0.3 is 19.4 Å². The summed E-state index contributed by atoms with van der Waals surface area (Å²) in [5.74, 6) is 1.01. The second kappa shape index (κ2) is 8.78. The third-order valence-corrected chi connectivity index (χ3v) is 5.38. The molecule has 0 spiro atoms. The van der Waals surface area contributed by atoms with E-state index < -0.39 is 0 Å². The molecule has 1 saturated heterocycles. The lowest BCUT2D eigenvalue weighted by atomic mass is 9.97. The molecule has 154 valence electrons. The fraction of sp³-hybridized carbons (Fsp3) is 0.500. The third-order valence-electron chi connectivity index (χ3n) is 5.38. The lowest BCUT2D eigenvalue weighted by molar-refractivity contribution is -0.125. The van der Waals surface area contributed by atoms with E-state index in [0.29, 0.717) is 19.7 Å². The zero-order valence-corrected chi connectivity index (χ0v) is 17.2. The number of pyridine rings is 1. The molecule has 0 unspecified atom stereocenters. The number of nitrogens with zero attached hydrogens (tertiary/aromatic N) is 4. The summed E-state index contributed by atoms with van der Waals surface area (Å²) in [4.78, 5) is 24.2. The minimum atomic E-state index is -0.0222. The first-order chi connectivity index (χ1) is 14.1. The minimum absolute atomic E-state index is 0.0222. The molecule has 7 heteroatoms. The molecule has 1 fully saturated rings. The fourth-order valence-corrected chi connectivity index (χ4v) is 3.96. The Bertz CT molecular complexity index is 984. The highest BCUT2D eigenvalue weighted by Gasteiger charge is 2.27. The number of carbonyl (C=O) groups is 1. The van der Waals surface area contributed by atoms with Crippen LogP contribution < -0.4 is 10.2 Å². The normalized spacial score (nSPS) is 17.3. The lowest BCUT2D eigenvalue weighted by Crippen LogP contribution is -2.43. The topological polar surface area (TPSA) is 71.8 Å². The van der Waals surface area contributed by atoms with E-state index in [1.807, 2.05) is 38.2 Å². The van der Waals surface area contributed by atoms with Gasteiger partial charge in [0.25, 0.3) is 0 Å². The largest absolute Gasteiger partial charge is 0.379 e. The van der Waals surface area contributed by atoms with Gasteiger partial charge in [-0.25, -0.2) is 9.97 Å². The van der Waals surface area contributed by atoms with Gasteiger partial charge >= 0.3 is 0 Å². The van der Waals surface area contributed by atoms with Crippen LogP contribution in [0.3, 0.4) is 0 Å². The highest BCUT2D eigenvalue weighted by Crippen LogP contribution is 2.28. The summed E-state index contributed by atoms with van der Waals surface area (Å²) in [7, 11) is 0. The number of hydrogen-bond acceptors (Lipinski definition) is 5. The maximum Gasteiger partial charge on any atom is 0.224 e. The van der Waals surface area contributed by atoms with Gasteiger partial charge in [0, 0.05) is 38.6 Å². The predicted molar refractivity (Wildman–Crippen MR) is 114 cm³/mol. The van der Waals surface area contributed by atoms with Gasteiger partial charge in [0.05, 0.1) is 23.1 Å². The Hall–Kier alpha value is -2.67. The summed E-state index contributed by atoms with van der Waals surface area (Å²) in [6.07, 6.45) is 6.76. The van der Waals surface area contributed by atoms with Crippen LogP contribution in [0.5, 0.6) is 0 Å². The van der Waals surface area contributed by atoms with Crippen LogP contribution in [-0.4, -0.2) is 52.6 Å². The van der Waals surface area contributed by atoms with Crippen molar-refractivity contribution in [1.82, 2.24) is 19.7 Å². The van der Waals surface area contributed by atoms with Crippen molar-refractivity contribution in [2.24, 2.45) is 5.92 Å². The van der Waals surface area contributed by atoms with E-state index in [9.17, 15) is 4.79 Å². The SMILES string of the molecule is CC(C)OCCCNC(=O)[C@@H]1CCCN(c2nc3ncccc3n3cccc23)C1. The summed E-state index contributed by atoms with van der Waals surface area (Å²) in [6.45, 7) is 6.96. The van der Waals surface area contributed by atoms with Crippen LogP contribution in [0.4, 0.5) is 5.82 Å². The Kier molecular flexibility index (Phi) is 5.94. The van der Waals surface area contributed by atoms with Gasteiger partial charge in [0.1, 0.15) is 0 Å². The van der Waals surface area contributed by atoms with Crippen LogP contribution in [0.25, 0.3) is 16.7 Å². The van der Waals surface area contributed by atoms with Crippen molar-refractivity contribution < 1.29 is 9.53 Å². The smallest absolute Gasteiger partial charge is 0.224 e. The molecular formula is C22H29N5O2. The maximum atomic E-state index is 12.7. The summed E-state index contributed by atoms with van der Waals surface area (Å²) < 4.78 is 7.66. The second-order valence-electron chi connectivity index (χ2n) is 7.89. The second-order valence-corrected chi connectivity index (χ2v) is 7.89. The number of anilines is 1. The molecule has 1 amide bonds. The first kappa shape index (κ1) is 19.6. The van der Waals surface area contributed by atoms with Gasteiger partial charge in [-0.1, -0.05) is 0 Å². The summed E-state index contributed by atoms with van der Waals surface area (Å²) in [5, 5.41) is 3.08. The number of nitrogens with one attached hydrogen (secondary N) is 1. The van der Waals surface area contributed by atoms with Crippen LogP contribution in [0, 0.1) is 5.92 Å². The first-order valence-corrected chi connectivity index (χ1v) is 10.5. The van der Waals surface area contributed by atoms with E-state index in [0.717, 1.165) is 48.3 Å². The lowest BCUT2D eigenvalue weighted by Gasteiger charge is -2.33. The molecule has 3 aromatic heterocycles. The molecule has 0 bridgehead atoms. The molecule has 0 aliphatic carbocycles. The van der Waals surface area contributed by atoms with Gasteiger partial charge in [0.15, 0.2) is 11.5 Å². The molecule has 4 heterocycles. The first-order valence-electron chi connectivity index (χ1n) is 10.5. The number of hydrogen-bond donors (Lipinski definition) is 1. The van der Waals surface area contributed by atoms with E-state index in [1.54, 1.807) is 6.20 Å². The Morgan fingerprint density at radius 3 is 3.03 bits per heavy atom. The van der Waals surface area contributed by atoms with Crippen LogP contribution in [0.2, 0.25) is 0 Å². The van der Waals surface area contributed by atoms with Crippen molar-refractivity contribution in [3.63, 3.8) is 0 Å². The summed E-state index contributed by atoms with van der Waals surface area (Å²) in [5.41, 5.74) is 2.77. The standard InChI is InChI=1S/C22H29N5O2/c1-16(2)29-14-6-11-24-22(28)17-7-4-12-26(15-17)21-19-9-5-13-27(19)18-8-3-10-23-20(18)25-21/h3,5,8-10,13,16-17H,4,6-7,11-12,14-15H2,1-2H3,(H,24,28)/t17-/m1/s1. The highest BCUT2D eigenvalue weighted by molar-refractivity contribution is 5.84. The zero-order valence-electron chi connectivity index (χ0n) is 17.2. The fourth-order valence-electron chi connectivity index (χ4n) is 3.96. The van der Waals surface area contributed by atoms with Crippen molar-refractivity contribution in [2.75, 3.05) is 31.1 Å². The number of aromatic nitrogens is 3. The monoisotopic (exact) mass is 395 g/mol. The van der Waals surface area contributed by atoms with E-state index in [-0.39, 0.29) is 17.9 Å². The molecular weight excluding hydrogens is 366 g/mol. The van der Waals surface area contributed by atoms with Crippen molar-refractivity contribution in [1.29, 1.82) is 0 Å². The Morgan fingerprint density at radius 1 is 1.31 bits per heavy atom. The molecule has 29 heavy (non-hydrogen) atoms. The molecule has 3 aromatic rings. The molecule has 0 radical (unpaired) electrons. The number of amides is 1. The van der Waals surface area contributed by atoms with Gasteiger partial charge in [-0.2, -0.15) is 0 Å². The van der Waals surface area contributed by atoms with Crippen LogP contribution in [0.15, 0.2) is 36.7 Å². The maximum absolute atomic E-state index is 12.7. The third kappa shape index (κ3) is 4.34. The van der Waals surface area contributed by atoms with E-state index in [4.69, 9.17) is 9.72 Å². The zero-order chi connectivity index (χ0) is 20.2. The van der Waals surface area contributed by atoms with E-state index >= 15 is 0 Å². The number of piperidine rings is 1. The molecule has 4 rings (SSSR count). The summed E-state index contributed by atoms with van der Waals surface area (Å²) >= 11 is 0. The molecule has 1 N–H and O–H groups in total. The minimum Gasteiger partial charge on any atom is -0.379 e. The summed E-state index contributed by atoms with van der Waals surface area (Å²) in [6, 6.07) is 8.06. The Morgan fingerprint density at radius 2 is 2.17 bits per heavy atom. The van der Waals surface area contributed by atoms with Gasteiger partial charge in [-0.05, 0) is 57.4 Å². The number of fused-ring (bicyclic) bond motifs is 3. The molecule has 1 atom stereocenters. The van der Waals surface area contributed by atoms with Crippen LogP contribution >= 0.6 is 0 Å². The van der Waals surface area contributed by atoms with Gasteiger partial charge in [-0.15, -0.1) is 0 Å². The van der Waals surface area contributed by atoms with E-state index in [1.165, 1.54) is 0 Å². The molecule has 1 aliphatic heterocycles. The quantitative estimate of drug-likeness (QED) is 0.623.